The molecule has 0 saturated heterocycles. The van der Waals surface area contributed by atoms with Gasteiger partial charge >= 0.3 is 0 Å². The van der Waals surface area contributed by atoms with Gasteiger partial charge in [-0.1, -0.05) is 54.1 Å². The van der Waals surface area contributed by atoms with Crippen LogP contribution in [-0.2, 0) is 0 Å². The number of nitrogens with one attached hydrogen (secondary N) is 1. The quantitative estimate of drug-likeness (QED) is 0.663. The zero-order valence-corrected chi connectivity index (χ0v) is 14.4. The Bertz CT molecular complexity index is 936. The van der Waals surface area contributed by atoms with E-state index in [1.165, 1.54) is 0 Å². The highest BCUT2D eigenvalue weighted by Gasteiger charge is 2.18. The SMILES string of the molecule is Cc1ccccc1C(=O)c1cc(Cl)ccc1NC(=O)c1ccccc1. The van der Waals surface area contributed by atoms with E-state index in [0.717, 1.165) is 5.56 Å². The van der Waals surface area contributed by atoms with Crippen molar-refractivity contribution in [2.24, 2.45) is 0 Å². The molecule has 3 aromatic rings. The predicted molar refractivity (Wildman–Crippen MR) is 100 cm³/mol. The molecule has 0 fully saturated rings. The van der Waals surface area contributed by atoms with Crippen LogP contribution in [0.2, 0.25) is 5.02 Å². The van der Waals surface area contributed by atoms with Gasteiger partial charge in [-0.25, -0.2) is 0 Å². The lowest BCUT2D eigenvalue weighted by molar-refractivity contribution is 0.102. The average Bonchev–Trinajstić information content (AvgIpc) is 2.63. The Labute approximate surface area is 151 Å². The first-order valence-electron chi connectivity index (χ1n) is 7.82. The Morgan fingerprint density at radius 3 is 2.24 bits per heavy atom. The van der Waals surface area contributed by atoms with Gasteiger partial charge < -0.3 is 5.32 Å². The van der Waals surface area contributed by atoms with E-state index in [2.05, 4.69) is 5.32 Å². The monoisotopic (exact) mass is 349 g/mol. The van der Waals surface area contributed by atoms with Gasteiger partial charge in [0.25, 0.3) is 5.91 Å². The maximum absolute atomic E-state index is 12.9. The number of benzene rings is 3. The highest BCUT2D eigenvalue weighted by Crippen LogP contribution is 2.25. The molecule has 0 atom stereocenters. The van der Waals surface area contributed by atoms with Crippen LogP contribution in [0.1, 0.15) is 31.8 Å². The van der Waals surface area contributed by atoms with Crippen LogP contribution in [0.5, 0.6) is 0 Å². The second-order valence-corrected chi connectivity index (χ2v) is 6.09. The zero-order valence-electron chi connectivity index (χ0n) is 13.6. The number of hydrogen-bond donors (Lipinski definition) is 1. The van der Waals surface area contributed by atoms with Crippen molar-refractivity contribution in [2.45, 2.75) is 6.92 Å². The molecule has 0 bridgehead atoms. The van der Waals surface area contributed by atoms with Crippen LogP contribution < -0.4 is 5.32 Å². The summed E-state index contributed by atoms with van der Waals surface area (Å²) >= 11 is 6.08. The minimum absolute atomic E-state index is 0.177. The van der Waals surface area contributed by atoms with Gasteiger partial charge in [0.1, 0.15) is 0 Å². The summed E-state index contributed by atoms with van der Waals surface area (Å²) in [7, 11) is 0. The van der Waals surface area contributed by atoms with Crippen LogP contribution in [0, 0.1) is 6.92 Å². The van der Waals surface area contributed by atoms with Crippen molar-refractivity contribution in [1.82, 2.24) is 0 Å². The lowest BCUT2D eigenvalue weighted by Gasteiger charge is -2.12. The van der Waals surface area contributed by atoms with Crippen LogP contribution in [0.3, 0.4) is 0 Å². The summed E-state index contributed by atoms with van der Waals surface area (Å²) < 4.78 is 0. The molecular weight excluding hydrogens is 334 g/mol. The average molecular weight is 350 g/mol. The summed E-state index contributed by atoms with van der Waals surface area (Å²) in [5, 5.41) is 3.25. The maximum Gasteiger partial charge on any atom is 0.255 e. The molecule has 3 rings (SSSR count). The van der Waals surface area contributed by atoms with Crippen molar-refractivity contribution in [3.8, 4) is 0 Å². The zero-order chi connectivity index (χ0) is 17.8. The third-order valence-electron chi connectivity index (χ3n) is 3.90. The standard InChI is InChI=1S/C21H16ClNO2/c1-14-7-5-6-10-17(14)20(24)18-13-16(22)11-12-19(18)23-21(25)15-8-3-2-4-9-15/h2-13H,1H3,(H,23,25). The number of carbonyl (C=O) groups excluding carboxylic acids is 2. The predicted octanol–water partition coefficient (Wildman–Crippen LogP) is 5.13. The fraction of sp³-hybridized carbons (Fsp3) is 0.0476. The fourth-order valence-electron chi connectivity index (χ4n) is 2.57. The van der Waals surface area contributed by atoms with Crippen LogP contribution in [-0.4, -0.2) is 11.7 Å². The van der Waals surface area contributed by atoms with E-state index in [1.54, 1.807) is 48.5 Å². The summed E-state index contributed by atoms with van der Waals surface area (Å²) in [6, 6.07) is 21.1. The van der Waals surface area contributed by atoms with E-state index < -0.39 is 0 Å². The third-order valence-corrected chi connectivity index (χ3v) is 4.14. The number of halogens is 1. The minimum atomic E-state index is -0.276. The Kier molecular flexibility index (Phi) is 4.96. The van der Waals surface area contributed by atoms with Crippen molar-refractivity contribution < 1.29 is 9.59 Å². The Morgan fingerprint density at radius 1 is 0.840 bits per heavy atom. The van der Waals surface area contributed by atoms with E-state index in [-0.39, 0.29) is 11.7 Å². The van der Waals surface area contributed by atoms with Crippen LogP contribution in [0.4, 0.5) is 5.69 Å². The summed E-state index contributed by atoms with van der Waals surface area (Å²) in [6.45, 7) is 1.88. The van der Waals surface area contributed by atoms with Crippen molar-refractivity contribution >= 4 is 29.0 Å². The number of aryl methyl sites for hydroxylation is 1. The van der Waals surface area contributed by atoms with Crippen molar-refractivity contribution in [2.75, 3.05) is 5.32 Å². The van der Waals surface area contributed by atoms with E-state index in [0.29, 0.717) is 27.4 Å². The van der Waals surface area contributed by atoms with Gasteiger partial charge in [-0.15, -0.1) is 0 Å². The van der Waals surface area contributed by atoms with Crippen LogP contribution in [0.25, 0.3) is 0 Å². The molecule has 0 radical (unpaired) electrons. The molecule has 3 nitrogen and oxygen atoms in total. The number of hydrogen-bond acceptors (Lipinski definition) is 2. The van der Waals surface area contributed by atoms with Gasteiger partial charge in [-0.2, -0.15) is 0 Å². The second kappa shape index (κ2) is 7.32. The Morgan fingerprint density at radius 2 is 1.52 bits per heavy atom. The first-order chi connectivity index (χ1) is 12.1. The normalized spacial score (nSPS) is 10.3. The molecule has 0 aliphatic carbocycles. The number of anilines is 1. The smallest absolute Gasteiger partial charge is 0.255 e. The van der Waals surface area contributed by atoms with Crippen molar-refractivity contribution in [3.63, 3.8) is 0 Å². The lowest BCUT2D eigenvalue weighted by Crippen LogP contribution is -2.15. The second-order valence-electron chi connectivity index (χ2n) is 5.65. The Balaban J connectivity index is 1.98. The number of amides is 1. The largest absolute Gasteiger partial charge is 0.321 e. The van der Waals surface area contributed by atoms with Gasteiger partial charge in [0.05, 0.1) is 5.69 Å². The molecule has 0 saturated carbocycles. The highest BCUT2D eigenvalue weighted by atomic mass is 35.5. The number of carbonyl (C=O) groups is 2. The molecule has 0 aromatic heterocycles. The first kappa shape index (κ1) is 16.9. The van der Waals surface area contributed by atoms with Gasteiger partial charge in [0.15, 0.2) is 5.78 Å². The van der Waals surface area contributed by atoms with Gasteiger partial charge in [0.2, 0.25) is 0 Å². The molecule has 0 aliphatic heterocycles. The van der Waals surface area contributed by atoms with Crippen molar-refractivity contribution in [3.05, 3.63) is 100 Å². The maximum atomic E-state index is 12.9. The highest BCUT2D eigenvalue weighted by molar-refractivity contribution is 6.31. The molecule has 0 aliphatic rings. The fourth-order valence-corrected chi connectivity index (χ4v) is 2.74. The molecular formula is C21H16ClNO2. The van der Waals surface area contributed by atoms with Gasteiger partial charge in [0, 0.05) is 21.7 Å². The third kappa shape index (κ3) is 3.78. The van der Waals surface area contributed by atoms with Gasteiger partial charge in [-0.05, 0) is 42.8 Å². The number of rotatable bonds is 4. The van der Waals surface area contributed by atoms with Crippen LogP contribution in [0.15, 0.2) is 72.8 Å². The van der Waals surface area contributed by atoms with E-state index in [1.807, 2.05) is 31.2 Å². The molecule has 0 unspecified atom stereocenters. The molecule has 4 heteroatoms. The molecule has 0 heterocycles. The lowest BCUT2D eigenvalue weighted by atomic mass is 9.98. The molecule has 3 aromatic carbocycles. The summed E-state index contributed by atoms with van der Waals surface area (Å²) in [6.07, 6.45) is 0. The molecule has 124 valence electrons. The summed E-state index contributed by atoms with van der Waals surface area (Å²) in [5.74, 6) is -0.453. The van der Waals surface area contributed by atoms with Crippen molar-refractivity contribution in [1.29, 1.82) is 0 Å². The summed E-state index contributed by atoms with van der Waals surface area (Å²) in [5.41, 5.74) is 2.78. The topological polar surface area (TPSA) is 46.2 Å². The number of ketones is 1. The van der Waals surface area contributed by atoms with Crippen LogP contribution >= 0.6 is 11.6 Å². The van der Waals surface area contributed by atoms with E-state index in [9.17, 15) is 9.59 Å². The molecule has 1 N–H and O–H groups in total. The molecule has 1 amide bonds. The van der Waals surface area contributed by atoms with E-state index in [4.69, 9.17) is 11.6 Å². The summed E-state index contributed by atoms with van der Waals surface area (Å²) in [4.78, 5) is 25.4. The molecule has 25 heavy (non-hydrogen) atoms. The van der Waals surface area contributed by atoms with Gasteiger partial charge in [-0.3, -0.25) is 9.59 Å². The van der Waals surface area contributed by atoms with E-state index >= 15 is 0 Å². The molecule has 0 spiro atoms. The minimum Gasteiger partial charge on any atom is -0.321 e. The Hall–Kier alpha value is -2.91. The first-order valence-corrected chi connectivity index (χ1v) is 8.20.